The first-order valence-electron chi connectivity index (χ1n) is 10.4. The van der Waals surface area contributed by atoms with Gasteiger partial charge in [0.1, 0.15) is 0 Å². The first-order chi connectivity index (χ1) is 16.6. The summed E-state index contributed by atoms with van der Waals surface area (Å²) < 4.78 is 1.30. The lowest BCUT2D eigenvalue weighted by Crippen LogP contribution is -2.29. The molecule has 0 aliphatic carbocycles. The maximum atomic E-state index is 13.0. The van der Waals surface area contributed by atoms with Crippen LogP contribution >= 0.6 is 34.5 Å². The number of H-pyrrole nitrogens is 1. The number of aliphatic hydroxyl groups excluding tert-OH is 2. The van der Waals surface area contributed by atoms with Gasteiger partial charge in [-0.2, -0.15) is 5.10 Å². The molecule has 3 heterocycles. The number of thiophene rings is 1. The third-order valence-electron chi connectivity index (χ3n) is 5.51. The van der Waals surface area contributed by atoms with Gasteiger partial charge >= 0.3 is 0 Å². The Morgan fingerprint density at radius 2 is 1.77 bits per heavy atom. The van der Waals surface area contributed by atoms with Crippen LogP contribution in [0.3, 0.4) is 0 Å². The van der Waals surface area contributed by atoms with Crippen molar-refractivity contribution in [2.75, 3.05) is 13.1 Å². The van der Waals surface area contributed by atoms with Crippen LogP contribution in [0.25, 0.3) is 5.69 Å². The lowest BCUT2D eigenvalue weighted by atomic mass is 10.2. The molecule has 2 aromatic heterocycles. The molecule has 1 aromatic carbocycles. The number of nitrogens with zero attached hydrogens (tertiary/aromatic N) is 3. The number of carbonyl (C=O) groups excluding carboxylic acids is 2. The monoisotopic (exact) mass is 537 g/mol. The molecule has 2 atom stereocenters. The molecule has 1 saturated heterocycles. The first kappa shape index (κ1) is 25.1. The van der Waals surface area contributed by atoms with Gasteiger partial charge in [0.15, 0.2) is 0 Å². The van der Waals surface area contributed by atoms with Crippen LogP contribution in [-0.4, -0.2) is 67.7 Å². The summed E-state index contributed by atoms with van der Waals surface area (Å²) in [7, 11) is 0. The van der Waals surface area contributed by atoms with Crippen LogP contribution in [0, 0.1) is 6.92 Å². The molecule has 13 heteroatoms. The van der Waals surface area contributed by atoms with Gasteiger partial charge in [0.25, 0.3) is 17.4 Å². The van der Waals surface area contributed by atoms with Crippen molar-refractivity contribution in [2.24, 2.45) is 5.10 Å². The van der Waals surface area contributed by atoms with Gasteiger partial charge in [-0.1, -0.05) is 23.2 Å². The zero-order valence-corrected chi connectivity index (χ0v) is 20.9. The van der Waals surface area contributed by atoms with E-state index >= 15 is 0 Å². The van der Waals surface area contributed by atoms with Gasteiger partial charge in [0.05, 0.1) is 49.0 Å². The molecule has 1 fully saturated rings. The summed E-state index contributed by atoms with van der Waals surface area (Å²) in [6, 6.07) is 7.76. The highest BCUT2D eigenvalue weighted by Crippen LogP contribution is 2.24. The molecule has 2 unspecified atom stereocenters. The second-order valence-electron chi connectivity index (χ2n) is 8.00. The second kappa shape index (κ2) is 9.96. The van der Waals surface area contributed by atoms with Crippen LogP contribution in [0.5, 0.6) is 0 Å². The molecule has 35 heavy (non-hydrogen) atoms. The molecular weight excluding hydrogens is 517 g/mol. The quantitative estimate of drug-likeness (QED) is 0.291. The molecule has 0 saturated carbocycles. The molecule has 10 nitrogen and oxygen atoms in total. The molecule has 1 aliphatic rings. The number of nitrogens with one attached hydrogen (secondary N) is 2. The second-order valence-corrected chi connectivity index (χ2v) is 9.90. The fourth-order valence-corrected chi connectivity index (χ4v) is 4.85. The van der Waals surface area contributed by atoms with E-state index in [4.69, 9.17) is 23.2 Å². The number of hydrazone groups is 1. The van der Waals surface area contributed by atoms with Crippen molar-refractivity contribution in [1.82, 2.24) is 20.1 Å². The van der Waals surface area contributed by atoms with E-state index < -0.39 is 18.1 Å². The van der Waals surface area contributed by atoms with E-state index in [9.17, 15) is 24.6 Å². The van der Waals surface area contributed by atoms with Crippen molar-refractivity contribution in [3.05, 3.63) is 71.7 Å². The average Bonchev–Trinajstić information content (AvgIpc) is 3.51. The number of aromatic amines is 1. The maximum absolute atomic E-state index is 13.0. The molecule has 1 aliphatic heterocycles. The third kappa shape index (κ3) is 5.04. The number of rotatable bonds is 5. The Hall–Kier alpha value is -2.96. The Labute approximate surface area is 213 Å². The van der Waals surface area contributed by atoms with E-state index in [1.807, 2.05) is 0 Å². The number of hydrogen-bond acceptors (Lipinski definition) is 7. The van der Waals surface area contributed by atoms with Crippen molar-refractivity contribution in [3.63, 3.8) is 0 Å². The Morgan fingerprint density at radius 3 is 2.43 bits per heavy atom. The van der Waals surface area contributed by atoms with Crippen molar-refractivity contribution in [2.45, 2.75) is 26.1 Å². The number of aryl methyl sites for hydroxylation is 1. The number of benzene rings is 1. The number of hydrogen-bond donors (Lipinski definition) is 4. The van der Waals surface area contributed by atoms with Gasteiger partial charge in [0.2, 0.25) is 0 Å². The highest BCUT2D eigenvalue weighted by atomic mass is 35.5. The van der Waals surface area contributed by atoms with Crippen molar-refractivity contribution in [3.8, 4) is 5.69 Å². The maximum Gasteiger partial charge on any atom is 0.281 e. The molecule has 4 rings (SSSR count). The molecule has 0 radical (unpaired) electrons. The number of halogens is 2. The summed E-state index contributed by atoms with van der Waals surface area (Å²) in [4.78, 5) is 40.0. The van der Waals surface area contributed by atoms with Gasteiger partial charge in [0, 0.05) is 18.8 Å². The van der Waals surface area contributed by atoms with Crippen molar-refractivity contribution >= 4 is 52.1 Å². The minimum Gasteiger partial charge on any atom is -0.388 e. The summed E-state index contributed by atoms with van der Waals surface area (Å²) in [5.74, 6) is -0.928. The highest BCUT2D eigenvalue weighted by Gasteiger charge is 2.33. The topological polar surface area (TPSA) is 140 Å². The largest absolute Gasteiger partial charge is 0.388 e. The van der Waals surface area contributed by atoms with E-state index in [-0.39, 0.29) is 40.7 Å². The number of β-amino-alcohol motifs (C(OH)–C–C–N with tert-alkyl or cyclic N) is 2. The number of amides is 2. The minimum absolute atomic E-state index is 0.0265. The van der Waals surface area contributed by atoms with Crippen LogP contribution in [0.4, 0.5) is 0 Å². The van der Waals surface area contributed by atoms with E-state index in [0.29, 0.717) is 26.3 Å². The summed E-state index contributed by atoms with van der Waals surface area (Å²) >= 11 is 13.0. The lowest BCUT2D eigenvalue weighted by Gasteiger charge is -2.13. The number of likely N-dealkylation sites (tertiary alicyclic amines) is 1. The molecule has 3 aromatic rings. The van der Waals surface area contributed by atoms with E-state index in [1.54, 1.807) is 32.0 Å². The summed E-state index contributed by atoms with van der Waals surface area (Å²) in [6.45, 7) is 3.34. The predicted molar refractivity (Wildman–Crippen MR) is 133 cm³/mol. The van der Waals surface area contributed by atoms with E-state index in [2.05, 4.69) is 15.6 Å². The number of aromatic nitrogens is 2. The lowest BCUT2D eigenvalue weighted by molar-refractivity contribution is 0.0572. The zero-order valence-electron chi connectivity index (χ0n) is 18.6. The summed E-state index contributed by atoms with van der Waals surface area (Å²) in [6.07, 6.45) is -1.98. The van der Waals surface area contributed by atoms with Gasteiger partial charge < -0.3 is 15.1 Å². The average molecular weight is 538 g/mol. The van der Waals surface area contributed by atoms with E-state index in [0.717, 1.165) is 11.3 Å². The van der Waals surface area contributed by atoms with Crippen molar-refractivity contribution in [1.29, 1.82) is 0 Å². The van der Waals surface area contributed by atoms with Gasteiger partial charge in [-0.15, -0.1) is 11.3 Å². The Balaban J connectivity index is 1.49. The third-order valence-corrected chi connectivity index (χ3v) is 7.32. The zero-order chi connectivity index (χ0) is 25.4. The molecule has 4 N–H and O–H groups in total. The number of carbonyl (C=O) groups is 2. The minimum atomic E-state index is -0.989. The summed E-state index contributed by atoms with van der Waals surface area (Å²) in [5, 5.41) is 27.0. The standard InChI is InChI=1S/C22H21Cl2N5O5S/c1-10(19-11(2)27-29(22(19)34)12-3-4-13(23)14(24)7-12)25-26-20(32)17-5-6-18(35-17)21(33)28-8-15(30)16(31)9-28/h3-7,15-16,27,30-31H,8-9H2,1-2H3,(H,26,32)/b25-10-. The Kier molecular flexibility index (Phi) is 7.15. The van der Waals surface area contributed by atoms with Gasteiger partial charge in [-0.25, -0.2) is 10.1 Å². The Bertz CT molecular complexity index is 1390. The fourth-order valence-electron chi connectivity index (χ4n) is 3.69. The number of aliphatic hydroxyl groups is 2. The first-order valence-corrected chi connectivity index (χ1v) is 12.0. The van der Waals surface area contributed by atoms with Crippen LogP contribution in [0.15, 0.2) is 40.2 Å². The molecule has 184 valence electrons. The van der Waals surface area contributed by atoms with Crippen LogP contribution < -0.4 is 11.0 Å². The van der Waals surface area contributed by atoms with Crippen LogP contribution in [0.2, 0.25) is 10.0 Å². The smallest absolute Gasteiger partial charge is 0.281 e. The highest BCUT2D eigenvalue weighted by molar-refractivity contribution is 7.15. The molecular formula is C22H21Cl2N5O5S. The SMILES string of the molecule is C/C(=N/NC(=O)c1ccc(C(=O)N2CC(O)C(O)C2)s1)c1c(C)[nH]n(-c2ccc(Cl)c(Cl)c2)c1=O. The van der Waals surface area contributed by atoms with Gasteiger partial charge in [-0.3, -0.25) is 19.5 Å². The van der Waals surface area contributed by atoms with Crippen LogP contribution in [-0.2, 0) is 0 Å². The normalized spacial score (nSPS) is 18.2. The molecule has 0 spiro atoms. The van der Waals surface area contributed by atoms with E-state index in [1.165, 1.54) is 21.7 Å². The molecule has 2 amide bonds. The van der Waals surface area contributed by atoms with Crippen LogP contribution in [0.1, 0.15) is 37.5 Å². The molecule has 0 bridgehead atoms. The predicted octanol–water partition coefficient (Wildman–Crippen LogP) is 2.17. The van der Waals surface area contributed by atoms with Crippen molar-refractivity contribution < 1.29 is 19.8 Å². The Morgan fingerprint density at radius 1 is 1.11 bits per heavy atom. The fraction of sp³-hybridized carbons (Fsp3) is 0.273. The summed E-state index contributed by atoms with van der Waals surface area (Å²) in [5.41, 5.74) is 3.62. The van der Waals surface area contributed by atoms with Gasteiger partial charge in [-0.05, 0) is 44.2 Å².